The molecular formula is C23H31N5O2. The molecule has 0 saturated heterocycles. The summed E-state index contributed by atoms with van der Waals surface area (Å²) in [6.45, 7) is 11.4. The van der Waals surface area contributed by atoms with Crippen LogP contribution in [-0.2, 0) is 4.79 Å². The molecule has 2 N–H and O–H groups in total. The largest absolute Gasteiger partial charge is 0.508 e. The van der Waals surface area contributed by atoms with E-state index in [0.717, 1.165) is 30.8 Å². The maximum absolute atomic E-state index is 12.9. The fourth-order valence-corrected chi connectivity index (χ4v) is 4.18. The normalized spacial score (nSPS) is 20.0. The van der Waals surface area contributed by atoms with Crippen molar-refractivity contribution in [2.45, 2.75) is 58.0 Å². The van der Waals surface area contributed by atoms with Gasteiger partial charge in [-0.15, -0.1) is 0 Å². The van der Waals surface area contributed by atoms with Gasteiger partial charge in [0.25, 0.3) is 0 Å². The molecule has 1 aliphatic carbocycles. The van der Waals surface area contributed by atoms with Crippen molar-refractivity contribution in [3.05, 3.63) is 54.6 Å². The van der Waals surface area contributed by atoms with Gasteiger partial charge in [0.2, 0.25) is 11.9 Å². The monoisotopic (exact) mass is 409 g/mol. The molecule has 0 spiro atoms. The van der Waals surface area contributed by atoms with Crippen molar-refractivity contribution >= 4 is 23.4 Å². The van der Waals surface area contributed by atoms with Crippen molar-refractivity contribution in [2.75, 3.05) is 22.2 Å². The maximum Gasteiger partial charge on any atom is 0.249 e. The van der Waals surface area contributed by atoms with Gasteiger partial charge in [0.1, 0.15) is 17.5 Å². The second-order valence-electron chi connectivity index (χ2n) is 7.74. The number of nitrogens with zero attached hydrogens (tertiary/aromatic N) is 4. The zero-order chi connectivity index (χ0) is 21.8. The Bertz CT molecular complexity index is 899. The minimum absolute atomic E-state index is 0.00269. The van der Waals surface area contributed by atoms with Crippen molar-refractivity contribution < 1.29 is 9.90 Å². The lowest BCUT2D eigenvalue weighted by Gasteiger charge is -2.43. The second kappa shape index (κ2) is 9.15. The summed E-state index contributed by atoms with van der Waals surface area (Å²) in [5.41, 5.74) is 1.92. The molecule has 1 saturated carbocycles. The van der Waals surface area contributed by atoms with Crippen molar-refractivity contribution in [1.29, 1.82) is 0 Å². The fourth-order valence-electron chi connectivity index (χ4n) is 4.18. The maximum atomic E-state index is 12.9. The number of aromatic nitrogens is 2. The van der Waals surface area contributed by atoms with Gasteiger partial charge < -0.3 is 20.2 Å². The first-order chi connectivity index (χ1) is 14.4. The molecule has 3 rings (SSSR count). The molecule has 2 aliphatic rings. The number of fused-ring (bicyclic) bond motifs is 1. The van der Waals surface area contributed by atoms with E-state index in [-0.39, 0.29) is 17.7 Å². The molecule has 160 valence electrons. The predicted octanol–water partition coefficient (Wildman–Crippen LogP) is 4.48. The highest BCUT2D eigenvalue weighted by Crippen LogP contribution is 2.39. The number of amides is 1. The highest BCUT2D eigenvalue weighted by atomic mass is 16.3. The minimum atomic E-state index is -0.204. The first-order valence-electron chi connectivity index (χ1n) is 10.5. The van der Waals surface area contributed by atoms with Crippen LogP contribution in [0.25, 0.3) is 0 Å². The lowest BCUT2D eigenvalue weighted by atomic mass is 10.0. The van der Waals surface area contributed by atoms with E-state index in [1.54, 1.807) is 36.4 Å². The van der Waals surface area contributed by atoms with Crippen LogP contribution >= 0.6 is 0 Å². The van der Waals surface area contributed by atoms with E-state index in [2.05, 4.69) is 28.4 Å². The van der Waals surface area contributed by atoms with Gasteiger partial charge in [-0.1, -0.05) is 39.0 Å². The average Bonchev–Trinajstić information content (AvgIpc) is 3.25. The van der Waals surface area contributed by atoms with Crippen LogP contribution in [0.2, 0.25) is 0 Å². The zero-order valence-corrected chi connectivity index (χ0v) is 18.1. The summed E-state index contributed by atoms with van der Waals surface area (Å²) in [5.74, 6) is 1.31. The number of hydrogen-bond donors (Lipinski definition) is 2. The Labute approximate surface area is 178 Å². The van der Waals surface area contributed by atoms with E-state index in [1.165, 1.54) is 12.8 Å². The first kappa shape index (κ1) is 21.6. The van der Waals surface area contributed by atoms with Crippen LogP contribution in [0.5, 0.6) is 0 Å². The number of rotatable bonds is 7. The van der Waals surface area contributed by atoms with Crippen molar-refractivity contribution in [3.8, 4) is 0 Å². The molecule has 1 amide bonds. The minimum Gasteiger partial charge on any atom is -0.508 e. The van der Waals surface area contributed by atoms with E-state index in [1.807, 2.05) is 13.8 Å². The van der Waals surface area contributed by atoms with Crippen LogP contribution in [0.3, 0.4) is 0 Å². The van der Waals surface area contributed by atoms with Crippen molar-refractivity contribution in [3.63, 3.8) is 0 Å². The van der Waals surface area contributed by atoms with Crippen molar-refractivity contribution in [2.24, 2.45) is 0 Å². The van der Waals surface area contributed by atoms with Gasteiger partial charge in [0.15, 0.2) is 5.82 Å². The third-order valence-corrected chi connectivity index (χ3v) is 5.79. The Morgan fingerprint density at radius 3 is 2.63 bits per heavy atom. The lowest BCUT2D eigenvalue weighted by Crippen LogP contribution is -2.55. The molecule has 0 radical (unpaired) electrons. The summed E-state index contributed by atoms with van der Waals surface area (Å²) < 4.78 is 0. The summed E-state index contributed by atoms with van der Waals surface area (Å²) in [6.07, 6.45) is 12.2. The smallest absolute Gasteiger partial charge is 0.249 e. The molecule has 0 aromatic carbocycles. The lowest BCUT2D eigenvalue weighted by molar-refractivity contribution is -0.120. The van der Waals surface area contributed by atoms with Crippen molar-refractivity contribution in [1.82, 2.24) is 9.97 Å². The van der Waals surface area contributed by atoms with Crippen LogP contribution in [-0.4, -0.2) is 40.1 Å². The van der Waals surface area contributed by atoms with E-state index >= 15 is 0 Å². The highest BCUT2D eigenvalue weighted by molar-refractivity contribution is 6.04. The van der Waals surface area contributed by atoms with Gasteiger partial charge in [-0.05, 0) is 38.3 Å². The molecule has 1 aromatic rings. The molecule has 0 bridgehead atoms. The van der Waals surface area contributed by atoms with Crippen LogP contribution in [0, 0.1) is 0 Å². The number of likely N-dealkylation sites (N-methyl/N-ethyl adjacent to an activating group) is 1. The van der Waals surface area contributed by atoms with E-state index < -0.39 is 0 Å². The summed E-state index contributed by atoms with van der Waals surface area (Å²) in [7, 11) is 1.79. The number of hydrogen-bond acceptors (Lipinski definition) is 6. The fraction of sp³-hybridized carbons (Fsp3) is 0.435. The Kier molecular flexibility index (Phi) is 6.59. The van der Waals surface area contributed by atoms with E-state index in [0.29, 0.717) is 23.3 Å². The first-order valence-corrected chi connectivity index (χ1v) is 10.5. The topological polar surface area (TPSA) is 81.6 Å². The van der Waals surface area contributed by atoms with Crippen LogP contribution in [0.15, 0.2) is 54.6 Å². The molecule has 30 heavy (non-hydrogen) atoms. The third kappa shape index (κ3) is 4.25. The molecular weight excluding hydrogens is 378 g/mol. The Balaban J connectivity index is 1.89. The number of nitrogens with one attached hydrogen (secondary N) is 1. The quantitative estimate of drug-likeness (QED) is 0.510. The number of anilines is 3. The molecule has 1 fully saturated rings. The SMILES string of the molecule is C=C(/C=C\C(=C/C)C(=C)O)Nc1ncc2c(n1)N(C1CCCC1)[C@H](CC)C(=O)N2C. The number of carbonyl (C=O) groups excluding carboxylic acids is 1. The molecule has 7 heteroatoms. The molecule has 1 aliphatic heterocycles. The van der Waals surface area contributed by atoms with Gasteiger partial charge in [0, 0.05) is 24.4 Å². The van der Waals surface area contributed by atoms with Gasteiger partial charge in [-0.2, -0.15) is 4.98 Å². The summed E-state index contributed by atoms with van der Waals surface area (Å²) in [4.78, 5) is 26.0. The van der Waals surface area contributed by atoms with Gasteiger partial charge >= 0.3 is 0 Å². The number of aliphatic hydroxyl groups excluding tert-OH is 1. The molecule has 7 nitrogen and oxygen atoms in total. The summed E-state index contributed by atoms with van der Waals surface area (Å²) >= 11 is 0. The molecule has 2 heterocycles. The highest BCUT2D eigenvalue weighted by Gasteiger charge is 2.41. The Hall–Kier alpha value is -3.09. The summed E-state index contributed by atoms with van der Waals surface area (Å²) in [6, 6.07) is 0.120. The molecule has 1 aromatic heterocycles. The zero-order valence-electron chi connectivity index (χ0n) is 18.1. The number of carbonyl (C=O) groups is 1. The number of allylic oxidation sites excluding steroid dienone is 3. The van der Waals surface area contributed by atoms with E-state index in [9.17, 15) is 9.90 Å². The number of aliphatic hydroxyl groups is 1. The van der Waals surface area contributed by atoms with Gasteiger partial charge in [-0.3, -0.25) is 4.79 Å². The standard InChI is InChI=1S/C23H31N5O2/c1-6-17(16(4)29)13-12-15(3)25-23-24-14-20-21(26-23)28(18-10-8-9-11-18)19(7-2)22(30)27(20)5/h6,12-14,18-19,29H,3-4,7-11H2,1-2,5H3,(H,24,25,26)/b13-12-,17-6+/t19-/m1/s1. The van der Waals surface area contributed by atoms with Crippen LogP contribution < -0.4 is 15.1 Å². The van der Waals surface area contributed by atoms with Gasteiger partial charge in [0.05, 0.1) is 6.20 Å². The Morgan fingerprint density at radius 2 is 2.03 bits per heavy atom. The third-order valence-electron chi connectivity index (χ3n) is 5.79. The molecule has 0 unspecified atom stereocenters. The van der Waals surface area contributed by atoms with Gasteiger partial charge in [-0.25, -0.2) is 4.98 Å². The average molecular weight is 410 g/mol. The predicted molar refractivity (Wildman–Crippen MR) is 122 cm³/mol. The van der Waals surface area contributed by atoms with Crippen LogP contribution in [0.4, 0.5) is 17.5 Å². The van der Waals surface area contributed by atoms with Crippen LogP contribution in [0.1, 0.15) is 46.0 Å². The molecule has 1 atom stereocenters. The van der Waals surface area contributed by atoms with E-state index in [4.69, 9.17) is 4.98 Å². The summed E-state index contributed by atoms with van der Waals surface area (Å²) in [5, 5.41) is 12.7. The second-order valence-corrected chi connectivity index (χ2v) is 7.74. The Morgan fingerprint density at radius 1 is 1.33 bits per heavy atom.